The molecule has 0 saturated heterocycles. The van der Waals surface area contributed by atoms with E-state index in [1.807, 2.05) is 42.5 Å². The van der Waals surface area contributed by atoms with Gasteiger partial charge in [-0.3, -0.25) is 9.59 Å². The Morgan fingerprint density at radius 2 is 1.63 bits per heavy atom. The highest BCUT2D eigenvalue weighted by Crippen LogP contribution is 2.36. The van der Waals surface area contributed by atoms with Crippen LogP contribution in [0.1, 0.15) is 55.1 Å². The molecule has 5 aromatic rings. The maximum Gasteiger partial charge on any atom is 0.200 e. The summed E-state index contributed by atoms with van der Waals surface area (Å²) in [5.41, 5.74) is 4.93. The second kappa shape index (κ2) is 12.3. The molecule has 0 amide bonds. The molecular formula is C35H34O6. The number of hydrogen-bond acceptors (Lipinski definition) is 6. The van der Waals surface area contributed by atoms with Gasteiger partial charge < -0.3 is 19.0 Å². The van der Waals surface area contributed by atoms with E-state index >= 15 is 0 Å². The van der Waals surface area contributed by atoms with Crippen LogP contribution in [-0.2, 0) is 12.8 Å². The number of carbonyl (C=O) groups excluding carboxylic acids is 1. The third-order valence-corrected chi connectivity index (χ3v) is 7.25. The SMILES string of the molecule is CCCc1c(OCCCOc2cc(O)c(-c3ccccc3)cc2CC)ccc2c(=O)c3cc(C(C)=O)ccc3oc12. The van der Waals surface area contributed by atoms with Gasteiger partial charge in [-0.25, -0.2) is 0 Å². The first-order valence-corrected chi connectivity index (χ1v) is 14.1. The van der Waals surface area contributed by atoms with E-state index in [4.69, 9.17) is 13.9 Å². The van der Waals surface area contributed by atoms with Crippen LogP contribution in [-0.4, -0.2) is 24.1 Å². The fourth-order valence-corrected chi connectivity index (χ4v) is 5.09. The predicted molar refractivity (Wildman–Crippen MR) is 163 cm³/mol. The van der Waals surface area contributed by atoms with Crippen LogP contribution in [0.2, 0.25) is 0 Å². The van der Waals surface area contributed by atoms with E-state index in [1.54, 1.807) is 30.3 Å². The second-order valence-corrected chi connectivity index (χ2v) is 10.1. The third kappa shape index (κ3) is 5.82. The van der Waals surface area contributed by atoms with E-state index in [0.717, 1.165) is 35.1 Å². The average Bonchev–Trinajstić information content (AvgIpc) is 2.98. The largest absolute Gasteiger partial charge is 0.507 e. The van der Waals surface area contributed by atoms with E-state index in [1.165, 1.54) is 6.92 Å². The van der Waals surface area contributed by atoms with Crippen molar-refractivity contribution in [2.24, 2.45) is 0 Å². The Bertz CT molecular complexity index is 1770. The second-order valence-electron chi connectivity index (χ2n) is 10.1. The summed E-state index contributed by atoms with van der Waals surface area (Å²) in [5, 5.41) is 11.5. The number of aromatic hydroxyl groups is 1. The van der Waals surface area contributed by atoms with Crippen molar-refractivity contribution in [2.75, 3.05) is 13.2 Å². The van der Waals surface area contributed by atoms with E-state index in [9.17, 15) is 14.7 Å². The number of ether oxygens (including phenoxy) is 2. The van der Waals surface area contributed by atoms with Crippen LogP contribution in [0.15, 0.2) is 82.0 Å². The van der Waals surface area contributed by atoms with Gasteiger partial charge in [0.2, 0.25) is 5.43 Å². The average molecular weight is 551 g/mol. The fraction of sp³-hybridized carbons (Fsp3) is 0.257. The highest BCUT2D eigenvalue weighted by atomic mass is 16.5. The molecule has 6 heteroatoms. The molecule has 1 N–H and O–H groups in total. The number of benzene rings is 4. The van der Waals surface area contributed by atoms with Crippen molar-refractivity contribution >= 4 is 27.7 Å². The van der Waals surface area contributed by atoms with Gasteiger partial charge in [-0.2, -0.15) is 0 Å². The van der Waals surface area contributed by atoms with Crippen molar-refractivity contribution in [1.82, 2.24) is 0 Å². The lowest BCUT2D eigenvalue weighted by molar-refractivity contribution is 0.101. The van der Waals surface area contributed by atoms with Gasteiger partial charge in [-0.1, -0.05) is 50.6 Å². The summed E-state index contributed by atoms with van der Waals surface area (Å²) in [6.45, 7) is 6.45. The van der Waals surface area contributed by atoms with Crippen molar-refractivity contribution in [2.45, 2.75) is 46.5 Å². The lowest BCUT2D eigenvalue weighted by Gasteiger charge is -2.16. The Morgan fingerprint density at radius 1 is 0.878 bits per heavy atom. The van der Waals surface area contributed by atoms with Crippen LogP contribution in [0.5, 0.6) is 17.2 Å². The molecule has 0 aliphatic heterocycles. The Hall–Kier alpha value is -4.58. The van der Waals surface area contributed by atoms with E-state index < -0.39 is 0 Å². The van der Waals surface area contributed by atoms with Crippen LogP contribution in [0.4, 0.5) is 0 Å². The van der Waals surface area contributed by atoms with Gasteiger partial charge in [-0.15, -0.1) is 0 Å². The molecular weight excluding hydrogens is 516 g/mol. The van der Waals surface area contributed by atoms with Crippen LogP contribution >= 0.6 is 0 Å². The van der Waals surface area contributed by atoms with Crippen LogP contribution < -0.4 is 14.9 Å². The Kier molecular flexibility index (Phi) is 8.39. The molecule has 0 fully saturated rings. The predicted octanol–water partition coefficient (Wildman–Crippen LogP) is 7.88. The number of phenols is 1. The van der Waals surface area contributed by atoms with E-state index in [0.29, 0.717) is 65.1 Å². The summed E-state index contributed by atoms with van der Waals surface area (Å²) in [6, 6.07) is 22.0. The molecule has 0 aliphatic carbocycles. The Morgan fingerprint density at radius 3 is 2.34 bits per heavy atom. The minimum Gasteiger partial charge on any atom is -0.507 e. The zero-order valence-corrected chi connectivity index (χ0v) is 23.7. The zero-order valence-electron chi connectivity index (χ0n) is 23.7. The fourth-order valence-electron chi connectivity index (χ4n) is 5.09. The topological polar surface area (TPSA) is 86.0 Å². The molecule has 1 aromatic heterocycles. The first kappa shape index (κ1) is 28.0. The summed E-state index contributed by atoms with van der Waals surface area (Å²) < 4.78 is 18.4. The molecule has 4 aromatic carbocycles. The normalized spacial score (nSPS) is 11.2. The number of aryl methyl sites for hydroxylation is 2. The number of phenolic OH excluding ortho intramolecular Hbond substituents is 1. The standard InChI is InChI=1S/C35H34O6/c1-4-10-26-31(16-14-27-34(38)29-20-25(22(3)36)13-15-32(29)41-35(26)27)39-17-9-18-40-33-21-30(37)28(19-23(33)5-2)24-11-7-6-8-12-24/h6-8,11-16,19-21,37H,4-5,9-10,17-18H2,1-3H3. The molecule has 0 radical (unpaired) electrons. The van der Waals surface area contributed by atoms with E-state index in [2.05, 4.69) is 13.8 Å². The molecule has 0 saturated carbocycles. The number of hydrogen-bond donors (Lipinski definition) is 1. The van der Waals surface area contributed by atoms with Gasteiger partial charge in [0, 0.05) is 29.2 Å². The monoisotopic (exact) mass is 550 g/mol. The molecule has 0 aliphatic rings. The van der Waals surface area contributed by atoms with Crippen molar-refractivity contribution in [3.8, 4) is 28.4 Å². The summed E-state index contributed by atoms with van der Waals surface area (Å²) in [4.78, 5) is 25.1. The maximum absolute atomic E-state index is 13.3. The highest BCUT2D eigenvalue weighted by Gasteiger charge is 2.17. The minimum atomic E-state index is -0.157. The summed E-state index contributed by atoms with van der Waals surface area (Å²) in [7, 11) is 0. The minimum absolute atomic E-state index is 0.0993. The molecule has 0 unspecified atom stereocenters. The summed E-state index contributed by atoms with van der Waals surface area (Å²) in [6.07, 6.45) is 2.95. The van der Waals surface area contributed by atoms with E-state index in [-0.39, 0.29) is 17.0 Å². The number of carbonyl (C=O) groups is 1. The molecule has 1 heterocycles. The van der Waals surface area contributed by atoms with Crippen molar-refractivity contribution in [3.63, 3.8) is 0 Å². The zero-order chi connectivity index (χ0) is 28.9. The number of rotatable bonds is 11. The maximum atomic E-state index is 13.3. The summed E-state index contributed by atoms with van der Waals surface area (Å²) >= 11 is 0. The smallest absolute Gasteiger partial charge is 0.200 e. The van der Waals surface area contributed by atoms with Gasteiger partial charge in [0.05, 0.1) is 24.0 Å². The van der Waals surface area contributed by atoms with Gasteiger partial charge in [0.15, 0.2) is 5.78 Å². The highest BCUT2D eigenvalue weighted by molar-refractivity contribution is 5.99. The molecule has 0 bridgehead atoms. The van der Waals surface area contributed by atoms with Crippen molar-refractivity contribution in [3.05, 3.63) is 99.7 Å². The number of ketones is 1. The molecule has 41 heavy (non-hydrogen) atoms. The van der Waals surface area contributed by atoms with Crippen molar-refractivity contribution < 1.29 is 23.8 Å². The van der Waals surface area contributed by atoms with Crippen molar-refractivity contribution in [1.29, 1.82) is 0 Å². The molecule has 5 rings (SSSR count). The number of fused-ring (bicyclic) bond motifs is 2. The van der Waals surface area contributed by atoms with Crippen LogP contribution in [0.25, 0.3) is 33.1 Å². The van der Waals surface area contributed by atoms with Crippen LogP contribution in [0, 0.1) is 0 Å². The number of Topliss-reactive ketones (excluding diaryl/α,β-unsaturated/α-hetero) is 1. The third-order valence-electron chi connectivity index (χ3n) is 7.25. The molecule has 6 nitrogen and oxygen atoms in total. The van der Waals surface area contributed by atoms with Gasteiger partial charge in [-0.05, 0) is 67.3 Å². The Balaban J connectivity index is 1.31. The first-order valence-electron chi connectivity index (χ1n) is 14.1. The summed E-state index contributed by atoms with van der Waals surface area (Å²) in [5.74, 6) is 1.44. The lowest BCUT2D eigenvalue weighted by atomic mass is 10.00. The van der Waals surface area contributed by atoms with Crippen LogP contribution in [0.3, 0.4) is 0 Å². The van der Waals surface area contributed by atoms with Gasteiger partial charge >= 0.3 is 0 Å². The quantitative estimate of drug-likeness (QED) is 0.102. The molecule has 210 valence electrons. The molecule has 0 spiro atoms. The molecule has 0 atom stereocenters. The Labute approximate surface area is 239 Å². The lowest BCUT2D eigenvalue weighted by Crippen LogP contribution is -2.09. The van der Waals surface area contributed by atoms with Gasteiger partial charge in [0.25, 0.3) is 0 Å². The van der Waals surface area contributed by atoms with Gasteiger partial charge in [0.1, 0.15) is 28.4 Å². The first-order chi connectivity index (χ1) is 19.9.